The molecule has 2 unspecified atom stereocenters. The van der Waals surface area contributed by atoms with E-state index in [1.807, 2.05) is 11.8 Å². The van der Waals surface area contributed by atoms with Crippen LogP contribution in [-0.2, 0) is 4.79 Å². The molecule has 1 aliphatic rings. The topological polar surface area (TPSA) is 87.9 Å². The summed E-state index contributed by atoms with van der Waals surface area (Å²) in [5.74, 6) is -0.843. The van der Waals surface area contributed by atoms with Gasteiger partial charge in [-0.2, -0.15) is 5.26 Å². The van der Waals surface area contributed by atoms with Gasteiger partial charge in [0.1, 0.15) is 6.04 Å². The van der Waals surface area contributed by atoms with E-state index in [-0.39, 0.29) is 12.1 Å². The molecule has 112 valence electrons. The average molecular weight is 282 g/mol. The fourth-order valence-electron chi connectivity index (χ4n) is 2.14. The summed E-state index contributed by atoms with van der Waals surface area (Å²) in [7, 11) is 1.69. The van der Waals surface area contributed by atoms with Crippen LogP contribution in [0.15, 0.2) is 0 Å². The smallest absolute Gasteiger partial charge is 0.320 e. The molecular weight excluding hydrogens is 260 g/mol. The lowest BCUT2D eigenvalue weighted by atomic mass is 10.2. The minimum atomic E-state index is -0.843. The van der Waals surface area contributed by atoms with Crippen molar-refractivity contribution in [2.24, 2.45) is 0 Å². The normalized spacial score (nSPS) is 19.0. The zero-order valence-electron chi connectivity index (χ0n) is 12.2. The van der Waals surface area contributed by atoms with Crippen molar-refractivity contribution in [2.75, 3.05) is 33.2 Å². The van der Waals surface area contributed by atoms with E-state index in [0.717, 1.165) is 0 Å². The third-order valence-electron chi connectivity index (χ3n) is 3.84. The number of nitrogens with zero attached hydrogens (tertiary/aromatic N) is 4. The zero-order chi connectivity index (χ0) is 15.3. The number of carboxylic acid groups (broad SMARTS) is 1. The van der Waals surface area contributed by atoms with Crippen LogP contribution in [0.3, 0.4) is 0 Å². The third kappa shape index (κ3) is 3.84. The predicted octanol–water partition coefficient (Wildman–Crippen LogP) is 0.431. The lowest BCUT2D eigenvalue weighted by Gasteiger charge is -2.39. The number of urea groups is 1. The Balaban J connectivity index is 2.51. The van der Waals surface area contributed by atoms with E-state index in [1.165, 1.54) is 0 Å². The first-order chi connectivity index (χ1) is 9.38. The van der Waals surface area contributed by atoms with Gasteiger partial charge in [-0.05, 0) is 13.8 Å². The van der Waals surface area contributed by atoms with Gasteiger partial charge in [-0.3, -0.25) is 9.69 Å². The summed E-state index contributed by atoms with van der Waals surface area (Å²) in [6.45, 7) is 5.63. The number of hydrogen-bond acceptors (Lipinski definition) is 4. The molecule has 2 amide bonds. The Morgan fingerprint density at radius 2 is 1.85 bits per heavy atom. The summed E-state index contributed by atoms with van der Waals surface area (Å²) < 4.78 is 0. The molecule has 0 bridgehead atoms. The number of rotatable bonds is 4. The van der Waals surface area contributed by atoms with E-state index < -0.39 is 12.0 Å². The number of piperazine rings is 1. The first kappa shape index (κ1) is 16.2. The minimum Gasteiger partial charge on any atom is -0.480 e. The SMILES string of the molecule is CC(C(=O)O)N1CCN(C(=O)N(C)C(C)CC#N)CC1. The van der Waals surface area contributed by atoms with Crippen LogP contribution in [0.2, 0.25) is 0 Å². The first-order valence-corrected chi connectivity index (χ1v) is 6.74. The highest BCUT2D eigenvalue weighted by atomic mass is 16.4. The molecule has 0 radical (unpaired) electrons. The summed E-state index contributed by atoms with van der Waals surface area (Å²) in [4.78, 5) is 28.3. The average Bonchev–Trinajstić information content (AvgIpc) is 2.45. The van der Waals surface area contributed by atoms with Crippen molar-refractivity contribution in [3.63, 3.8) is 0 Å². The molecule has 1 N–H and O–H groups in total. The Kier molecular flexibility index (Phi) is 5.77. The number of aliphatic carboxylic acids is 1. The number of carbonyl (C=O) groups is 2. The summed E-state index contributed by atoms with van der Waals surface area (Å²) in [6.07, 6.45) is 0.304. The molecule has 0 aromatic heterocycles. The quantitative estimate of drug-likeness (QED) is 0.808. The van der Waals surface area contributed by atoms with Crippen molar-refractivity contribution in [3.8, 4) is 6.07 Å². The van der Waals surface area contributed by atoms with Gasteiger partial charge in [-0.15, -0.1) is 0 Å². The number of carbonyl (C=O) groups excluding carboxylic acids is 1. The Hall–Kier alpha value is -1.81. The van der Waals surface area contributed by atoms with Gasteiger partial charge < -0.3 is 14.9 Å². The second kappa shape index (κ2) is 7.10. The maximum atomic E-state index is 12.2. The van der Waals surface area contributed by atoms with Gasteiger partial charge in [0.05, 0.1) is 12.5 Å². The van der Waals surface area contributed by atoms with Gasteiger partial charge >= 0.3 is 12.0 Å². The van der Waals surface area contributed by atoms with Crippen LogP contribution in [0, 0.1) is 11.3 Å². The van der Waals surface area contributed by atoms with E-state index in [2.05, 4.69) is 6.07 Å². The van der Waals surface area contributed by atoms with E-state index in [4.69, 9.17) is 10.4 Å². The summed E-state index contributed by atoms with van der Waals surface area (Å²) in [5, 5.41) is 17.6. The fourth-order valence-corrected chi connectivity index (χ4v) is 2.14. The monoisotopic (exact) mass is 282 g/mol. The molecule has 2 atom stereocenters. The van der Waals surface area contributed by atoms with Gasteiger partial charge in [0.25, 0.3) is 0 Å². The molecule has 20 heavy (non-hydrogen) atoms. The number of carboxylic acids is 1. The Bertz CT molecular complexity index is 399. The van der Waals surface area contributed by atoms with Gasteiger partial charge in [0.15, 0.2) is 0 Å². The number of amides is 2. The molecular formula is C13H22N4O3. The first-order valence-electron chi connectivity index (χ1n) is 6.74. The summed E-state index contributed by atoms with van der Waals surface area (Å²) >= 11 is 0. The molecule has 0 saturated carbocycles. The van der Waals surface area contributed by atoms with E-state index in [1.54, 1.807) is 23.8 Å². The van der Waals surface area contributed by atoms with Crippen LogP contribution >= 0.6 is 0 Å². The van der Waals surface area contributed by atoms with Crippen LogP contribution in [0.4, 0.5) is 4.79 Å². The van der Waals surface area contributed by atoms with Crippen molar-refractivity contribution in [2.45, 2.75) is 32.4 Å². The van der Waals surface area contributed by atoms with E-state index in [9.17, 15) is 9.59 Å². The predicted molar refractivity (Wildman–Crippen MR) is 73.1 cm³/mol. The molecule has 0 aromatic rings. The molecule has 1 aliphatic heterocycles. The lowest BCUT2D eigenvalue weighted by molar-refractivity contribution is -0.143. The van der Waals surface area contributed by atoms with E-state index in [0.29, 0.717) is 32.6 Å². The van der Waals surface area contributed by atoms with Crippen LogP contribution in [0.25, 0.3) is 0 Å². The maximum Gasteiger partial charge on any atom is 0.320 e. The van der Waals surface area contributed by atoms with Gasteiger partial charge in [-0.25, -0.2) is 4.79 Å². The lowest BCUT2D eigenvalue weighted by Crippen LogP contribution is -2.56. The minimum absolute atomic E-state index is 0.102. The maximum absolute atomic E-state index is 12.2. The van der Waals surface area contributed by atoms with Crippen LogP contribution in [0.5, 0.6) is 0 Å². The summed E-state index contributed by atoms with van der Waals surface area (Å²) in [6, 6.07) is 1.31. The van der Waals surface area contributed by atoms with Crippen molar-refractivity contribution in [3.05, 3.63) is 0 Å². The highest BCUT2D eigenvalue weighted by molar-refractivity contribution is 5.75. The third-order valence-corrected chi connectivity index (χ3v) is 3.84. The number of hydrogen-bond donors (Lipinski definition) is 1. The molecule has 0 spiro atoms. The zero-order valence-corrected chi connectivity index (χ0v) is 12.2. The largest absolute Gasteiger partial charge is 0.480 e. The molecule has 1 saturated heterocycles. The van der Waals surface area contributed by atoms with E-state index >= 15 is 0 Å². The molecule has 0 aliphatic carbocycles. The van der Waals surface area contributed by atoms with Crippen molar-refractivity contribution in [1.82, 2.24) is 14.7 Å². The molecule has 7 nitrogen and oxygen atoms in total. The van der Waals surface area contributed by atoms with Crippen LogP contribution in [0.1, 0.15) is 20.3 Å². The Morgan fingerprint density at radius 1 is 1.30 bits per heavy atom. The van der Waals surface area contributed by atoms with Gasteiger partial charge in [0.2, 0.25) is 0 Å². The Morgan fingerprint density at radius 3 is 2.30 bits per heavy atom. The Labute approximate surface area is 119 Å². The second-order valence-corrected chi connectivity index (χ2v) is 5.14. The molecule has 1 fully saturated rings. The second-order valence-electron chi connectivity index (χ2n) is 5.14. The van der Waals surface area contributed by atoms with Gasteiger partial charge in [-0.1, -0.05) is 0 Å². The number of nitriles is 1. The summed E-state index contributed by atoms with van der Waals surface area (Å²) in [5.41, 5.74) is 0. The molecule has 1 rings (SSSR count). The molecule has 1 heterocycles. The highest BCUT2D eigenvalue weighted by Gasteiger charge is 2.29. The van der Waals surface area contributed by atoms with Crippen molar-refractivity contribution >= 4 is 12.0 Å². The van der Waals surface area contributed by atoms with Gasteiger partial charge in [0, 0.05) is 39.3 Å². The molecule has 7 heteroatoms. The van der Waals surface area contributed by atoms with Crippen LogP contribution < -0.4 is 0 Å². The van der Waals surface area contributed by atoms with Crippen LogP contribution in [-0.4, -0.2) is 77.1 Å². The van der Waals surface area contributed by atoms with Crippen molar-refractivity contribution < 1.29 is 14.7 Å². The highest BCUT2D eigenvalue weighted by Crippen LogP contribution is 2.11. The van der Waals surface area contributed by atoms with Crippen molar-refractivity contribution in [1.29, 1.82) is 5.26 Å². The molecule has 0 aromatic carbocycles. The standard InChI is InChI=1S/C13H22N4O3/c1-10(4-5-14)15(3)13(20)17-8-6-16(7-9-17)11(2)12(18)19/h10-11H,4,6-9H2,1-3H3,(H,18,19). The fraction of sp³-hybridized carbons (Fsp3) is 0.769.